The van der Waals surface area contributed by atoms with Crippen molar-refractivity contribution in [3.8, 4) is 0 Å². The number of allylic oxidation sites excluding steroid dienone is 2. The average molecular weight is 387 g/mol. The molecule has 0 aromatic heterocycles. The van der Waals surface area contributed by atoms with E-state index in [2.05, 4.69) is 40.7 Å². The Morgan fingerprint density at radius 3 is 2.61 bits per heavy atom. The Labute approximate surface area is 174 Å². The van der Waals surface area contributed by atoms with Gasteiger partial charge in [-0.25, -0.2) is 0 Å². The number of aliphatic hydroxyl groups excluding tert-OH is 1. The van der Waals surface area contributed by atoms with Gasteiger partial charge in [0.1, 0.15) is 0 Å². The lowest BCUT2D eigenvalue weighted by molar-refractivity contribution is -0.0558. The maximum absolute atomic E-state index is 11.2. The Hall–Kier alpha value is -0.300. The highest BCUT2D eigenvalue weighted by atomic mass is 16.3. The third-order valence-electron chi connectivity index (χ3n) is 10.2. The molecule has 0 aliphatic heterocycles. The zero-order valence-electron chi connectivity index (χ0n) is 19.3. The first-order valence-electron chi connectivity index (χ1n) is 12.6. The van der Waals surface area contributed by atoms with E-state index in [1.165, 1.54) is 64.2 Å². The molecule has 0 amide bonds. The summed E-state index contributed by atoms with van der Waals surface area (Å²) in [5.41, 5.74) is 2.66. The van der Waals surface area contributed by atoms with Gasteiger partial charge in [-0.05, 0) is 91.3 Å². The molecule has 160 valence electrons. The van der Waals surface area contributed by atoms with Crippen LogP contribution in [0.25, 0.3) is 0 Å². The Morgan fingerprint density at radius 1 is 1.07 bits per heavy atom. The molecule has 0 saturated heterocycles. The van der Waals surface area contributed by atoms with Crippen LogP contribution >= 0.6 is 0 Å². The summed E-state index contributed by atoms with van der Waals surface area (Å²) in [5, 5.41) is 11.2. The minimum absolute atomic E-state index is 0.0626. The molecule has 0 spiro atoms. The van der Waals surface area contributed by atoms with Crippen LogP contribution in [-0.4, -0.2) is 11.2 Å². The maximum atomic E-state index is 11.2. The molecule has 4 rings (SSSR count). The molecule has 1 nitrogen and oxygen atoms in total. The van der Waals surface area contributed by atoms with Crippen LogP contribution in [0.2, 0.25) is 0 Å². The second kappa shape index (κ2) is 7.75. The molecule has 28 heavy (non-hydrogen) atoms. The van der Waals surface area contributed by atoms with Crippen LogP contribution in [0.3, 0.4) is 0 Å². The number of hydrogen-bond acceptors (Lipinski definition) is 1. The Morgan fingerprint density at radius 2 is 1.86 bits per heavy atom. The first-order valence-corrected chi connectivity index (χ1v) is 12.6. The predicted octanol–water partition coefficient (Wildman–Crippen LogP) is 7.39. The zero-order chi connectivity index (χ0) is 20.1. The molecule has 0 aromatic rings. The van der Waals surface area contributed by atoms with Crippen molar-refractivity contribution in [2.75, 3.05) is 0 Å². The van der Waals surface area contributed by atoms with Crippen molar-refractivity contribution in [1.29, 1.82) is 0 Å². The molecule has 0 heterocycles. The monoisotopic (exact) mass is 386 g/mol. The van der Waals surface area contributed by atoms with E-state index in [1.807, 2.05) is 0 Å². The molecule has 0 radical (unpaired) electrons. The molecule has 0 aromatic carbocycles. The zero-order valence-corrected chi connectivity index (χ0v) is 19.3. The smallest absolute Gasteiger partial charge is 0.0579 e. The van der Waals surface area contributed by atoms with Gasteiger partial charge in [0.05, 0.1) is 6.10 Å². The second-order valence-corrected chi connectivity index (χ2v) is 12.1. The van der Waals surface area contributed by atoms with Gasteiger partial charge in [0.25, 0.3) is 0 Å². The van der Waals surface area contributed by atoms with Crippen molar-refractivity contribution < 1.29 is 5.11 Å². The Balaban J connectivity index is 1.53. The van der Waals surface area contributed by atoms with Crippen molar-refractivity contribution in [1.82, 2.24) is 0 Å². The Bertz CT molecular complexity index is 591. The number of hydrogen-bond donors (Lipinski definition) is 1. The predicted molar refractivity (Wildman–Crippen MR) is 119 cm³/mol. The maximum Gasteiger partial charge on any atom is 0.0579 e. The van der Waals surface area contributed by atoms with E-state index in [4.69, 9.17) is 0 Å². The minimum atomic E-state index is -0.0626. The lowest BCUT2D eigenvalue weighted by Crippen LogP contribution is -2.50. The van der Waals surface area contributed by atoms with E-state index in [9.17, 15) is 5.11 Å². The summed E-state index contributed by atoms with van der Waals surface area (Å²) in [6.07, 6.45) is 17.3. The molecule has 4 aliphatic carbocycles. The van der Waals surface area contributed by atoms with E-state index in [0.717, 1.165) is 30.1 Å². The fourth-order valence-electron chi connectivity index (χ4n) is 8.81. The minimum Gasteiger partial charge on any atom is -0.393 e. The lowest BCUT2D eigenvalue weighted by atomic mass is 9.47. The van der Waals surface area contributed by atoms with Crippen LogP contribution in [-0.2, 0) is 0 Å². The van der Waals surface area contributed by atoms with Gasteiger partial charge >= 0.3 is 0 Å². The van der Waals surface area contributed by atoms with Gasteiger partial charge in [0, 0.05) is 0 Å². The topological polar surface area (TPSA) is 20.2 Å². The second-order valence-electron chi connectivity index (χ2n) is 12.1. The lowest BCUT2D eigenvalue weighted by Gasteiger charge is -2.58. The molecule has 4 aliphatic rings. The van der Waals surface area contributed by atoms with Crippen molar-refractivity contribution in [2.24, 2.45) is 46.3 Å². The molecule has 3 fully saturated rings. The van der Waals surface area contributed by atoms with Crippen molar-refractivity contribution in [3.63, 3.8) is 0 Å². The molecular formula is C27H46O. The fraction of sp³-hybridized carbons (Fsp3) is 0.926. The van der Waals surface area contributed by atoms with Crippen LogP contribution < -0.4 is 0 Å². The summed E-state index contributed by atoms with van der Waals surface area (Å²) in [6, 6.07) is 0. The summed E-state index contributed by atoms with van der Waals surface area (Å²) in [5.74, 6) is 4.45. The molecule has 1 N–H and O–H groups in total. The quantitative estimate of drug-likeness (QED) is 0.488. The highest BCUT2D eigenvalue weighted by Gasteiger charge is 2.61. The van der Waals surface area contributed by atoms with E-state index >= 15 is 0 Å². The van der Waals surface area contributed by atoms with Gasteiger partial charge in [-0.2, -0.15) is 0 Å². The summed E-state index contributed by atoms with van der Waals surface area (Å²) < 4.78 is 0. The largest absolute Gasteiger partial charge is 0.393 e. The van der Waals surface area contributed by atoms with Crippen LogP contribution in [0.1, 0.15) is 105 Å². The molecular weight excluding hydrogens is 340 g/mol. The van der Waals surface area contributed by atoms with E-state index in [0.29, 0.717) is 22.7 Å². The van der Waals surface area contributed by atoms with E-state index < -0.39 is 0 Å². The van der Waals surface area contributed by atoms with Crippen molar-refractivity contribution >= 4 is 0 Å². The first kappa shape index (κ1) is 21.0. The number of rotatable bonds is 5. The van der Waals surface area contributed by atoms with Gasteiger partial charge in [0.15, 0.2) is 0 Å². The average Bonchev–Trinajstić information content (AvgIpc) is 2.91. The molecule has 8 atom stereocenters. The standard InChI is InChI=1S/C27H46O/c1-18(2)9-8-10-19(3)25-24(28)17-23-21-13-12-20-11-6-7-15-26(20,4)22(21)14-16-27(23,25)5/h12,18-19,21-25,28H,6-11,13-17H2,1-5H3/t19-,21-,22+,23+,24?,25+,26+,27+/m1/s1. The SMILES string of the molecule is CC(C)CCC[C@@H](C)[C@H]1C(O)C[C@H]2[C@@H]3CC=C4CCCC[C@]4(C)[C@H]3CC[C@]12C. The Kier molecular flexibility index (Phi) is 5.80. The van der Waals surface area contributed by atoms with Gasteiger partial charge in [-0.15, -0.1) is 0 Å². The molecule has 1 unspecified atom stereocenters. The van der Waals surface area contributed by atoms with E-state index in [-0.39, 0.29) is 6.10 Å². The highest BCUT2D eigenvalue weighted by molar-refractivity contribution is 5.24. The van der Waals surface area contributed by atoms with Crippen molar-refractivity contribution in [2.45, 2.75) is 111 Å². The molecule has 3 saturated carbocycles. The van der Waals surface area contributed by atoms with Crippen molar-refractivity contribution in [3.05, 3.63) is 11.6 Å². The molecule has 1 heteroatoms. The normalized spacial score (nSPS) is 46.5. The third kappa shape index (κ3) is 3.32. The highest BCUT2D eigenvalue weighted by Crippen LogP contribution is 2.67. The van der Waals surface area contributed by atoms with Crippen LogP contribution in [0.15, 0.2) is 11.6 Å². The molecule has 0 bridgehead atoms. The van der Waals surface area contributed by atoms with Gasteiger partial charge in [-0.3, -0.25) is 0 Å². The third-order valence-corrected chi connectivity index (χ3v) is 10.2. The van der Waals surface area contributed by atoms with Crippen LogP contribution in [0, 0.1) is 46.3 Å². The van der Waals surface area contributed by atoms with E-state index in [1.54, 1.807) is 5.57 Å². The van der Waals surface area contributed by atoms with Crippen LogP contribution in [0.5, 0.6) is 0 Å². The summed E-state index contributed by atoms with van der Waals surface area (Å²) in [7, 11) is 0. The van der Waals surface area contributed by atoms with Gasteiger partial charge in [-0.1, -0.05) is 72.0 Å². The number of aliphatic hydroxyl groups is 1. The van der Waals surface area contributed by atoms with Gasteiger partial charge < -0.3 is 5.11 Å². The summed E-state index contributed by atoms with van der Waals surface area (Å²) in [6.45, 7) is 12.3. The summed E-state index contributed by atoms with van der Waals surface area (Å²) in [4.78, 5) is 0. The first-order chi connectivity index (χ1) is 13.3. The summed E-state index contributed by atoms with van der Waals surface area (Å²) >= 11 is 0. The van der Waals surface area contributed by atoms with Crippen LogP contribution in [0.4, 0.5) is 0 Å². The number of fused-ring (bicyclic) bond motifs is 5. The fourth-order valence-corrected chi connectivity index (χ4v) is 8.81. The van der Waals surface area contributed by atoms with Gasteiger partial charge in [0.2, 0.25) is 0 Å².